The number of benzene rings is 1. The lowest BCUT2D eigenvalue weighted by atomic mass is 10.2. The van der Waals surface area contributed by atoms with Gasteiger partial charge >= 0.3 is 0 Å². The quantitative estimate of drug-likeness (QED) is 0.801. The molecular weight excluding hydrogens is 264 g/mol. The van der Waals surface area contributed by atoms with Crippen molar-refractivity contribution in [1.29, 1.82) is 0 Å². The topological polar surface area (TPSA) is 55.9 Å². The van der Waals surface area contributed by atoms with Crippen LogP contribution in [0.3, 0.4) is 0 Å². The maximum atomic E-state index is 5.69. The molecule has 5 nitrogen and oxygen atoms in total. The summed E-state index contributed by atoms with van der Waals surface area (Å²) in [6.07, 6.45) is 5.71. The number of aromatic nitrogens is 3. The highest BCUT2D eigenvalue weighted by Gasteiger charge is 2.12. The summed E-state index contributed by atoms with van der Waals surface area (Å²) in [6, 6.07) is 6.57. The Bertz CT molecular complexity index is 763. The molecule has 1 aliphatic heterocycles. The number of anilines is 1. The van der Waals surface area contributed by atoms with Crippen LogP contribution in [0, 0.1) is 6.92 Å². The number of fused-ring (bicyclic) bond motifs is 2. The van der Waals surface area contributed by atoms with Crippen LogP contribution in [0.5, 0.6) is 0 Å². The van der Waals surface area contributed by atoms with Crippen molar-refractivity contribution in [3.05, 3.63) is 41.5 Å². The van der Waals surface area contributed by atoms with E-state index in [1.54, 1.807) is 0 Å². The third-order valence-electron chi connectivity index (χ3n) is 3.92. The molecule has 0 saturated carbocycles. The zero-order valence-electron chi connectivity index (χ0n) is 12.1. The van der Waals surface area contributed by atoms with Crippen molar-refractivity contribution in [1.82, 2.24) is 14.5 Å². The molecule has 0 amide bonds. The number of nitrogens with one attached hydrogen (secondary N) is 1. The summed E-state index contributed by atoms with van der Waals surface area (Å²) < 4.78 is 7.95. The lowest BCUT2D eigenvalue weighted by molar-refractivity contribution is 0.522. The van der Waals surface area contributed by atoms with Gasteiger partial charge < -0.3 is 14.3 Å². The second-order valence-corrected chi connectivity index (χ2v) is 5.64. The molecule has 0 aliphatic carbocycles. The lowest BCUT2D eigenvalue weighted by Gasteiger charge is -2.11. The predicted octanol–water partition coefficient (Wildman–Crippen LogP) is 3.28. The number of hydrogen-bond donors (Lipinski definition) is 1. The van der Waals surface area contributed by atoms with Crippen molar-refractivity contribution in [2.45, 2.75) is 39.3 Å². The largest absolute Gasteiger partial charge is 0.424 e. The summed E-state index contributed by atoms with van der Waals surface area (Å²) in [5.74, 6) is 1.20. The molecule has 1 aliphatic rings. The molecule has 5 heteroatoms. The van der Waals surface area contributed by atoms with Gasteiger partial charge in [-0.05, 0) is 37.5 Å². The second kappa shape index (κ2) is 4.91. The van der Waals surface area contributed by atoms with Gasteiger partial charge in [0.05, 0.1) is 12.2 Å². The van der Waals surface area contributed by atoms with Gasteiger partial charge in [0, 0.05) is 19.2 Å². The second-order valence-electron chi connectivity index (χ2n) is 5.64. The standard InChI is InChI=1S/C16H18N4O/c1-11-5-6-14-13(8-11)19-16(21-14)17-9-12-10-20-7-3-2-4-15(20)18-12/h5-6,8,10H,2-4,7,9H2,1H3,(H,17,19). The highest BCUT2D eigenvalue weighted by Crippen LogP contribution is 2.21. The normalized spacial score (nSPS) is 14.3. The van der Waals surface area contributed by atoms with E-state index in [1.807, 2.05) is 18.2 Å². The number of aryl methyl sites for hydroxylation is 3. The minimum atomic E-state index is 0.557. The van der Waals surface area contributed by atoms with Crippen LogP contribution in [-0.4, -0.2) is 14.5 Å². The molecule has 0 fully saturated rings. The van der Waals surface area contributed by atoms with Crippen molar-refractivity contribution in [3.63, 3.8) is 0 Å². The predicted molar refractivity (Wildman–Crippen MR) is 81.2 cm³/mol. The third-order valence-corrected chi connectivity index (χ3v) is 3.92. The smallest absolute Gasteiger partial charge is 0.296 e. The van der Waals surface area contributed by atoms with Crippen LogP contribution in [0.2, 0.25) is 0 Å². The molecule has 0 bridgehead atoms. The first-order valence-corrected chi connectivity index (χ1v) is 7.44. The molecule has 2 aromatic heterocycles. The number of rotatable bonds is 3. The van der Waals surface area contributed by atoms with Gasteiger partial charge in [-0.1, -0.05) is 6.07 Å². The summed E-state index contributed by atoms with van der Waals surface area (Å²) in [5.41, 5.74) is 3.93. The van der Waals surface area contributed by atoms with E-state index in [-0.39, 0.29) is 0 Å². The Labute approximate surface area is 123 Å². The van der Waals surface area contributed by atoms with Crippen LogP contribution in [0.15, 0.2) is 28.8 Å². The average molecular weight is 282 g/mol. The van der Waals surface area contributed by atoms with Gasteiger partial charge in [0.2, 0.25) is 0 Å². The fourth-order valence-corrected chi connectivity index (χ4v) is 2.84. The van der Waals surface area contributed by atoms with Crippen molar-refractivity contribution >= 4 is 17.1 Å². The van der Waals surface area contributed by atoms with Crippen molar-refractivity contribution in [3.8, 4) is 0 Å². The number of imidazole rings is 1. The Morgan fingerprint density at radius 2 is 2.24 bits per heavy atom. The Morgan fingerprint density at radius 1 is 1.29 bits per heavy atom. The molecular formula is C16H18N4O. The van der Waals surface area contributed by atoms with E-state index in [4.69, 9.17) is 4.42 Å². The highest BCUT2D eigenvalue weighted by atomic mass is 16.4. The van der Waals surface area contributed by atoms with Gasteiger partial charge in [0.1, 0.15) is 11.3 Å². The first-order chi connectivity index (χ1) is 10.3. The van der Waals surface area contributed by atoms with Crippen LogP contribution < -0.4 is 5.32 Å². The molecule has 3 heterocycles. The van der Waals surface area contributed by atoms with E-state index in [2.05, 4.69) is 33.0 Å². The van der Waals surface area contributed by atoms with E-state index in [1.165, 1.54) is 24.2 Å². The van der Waals surface area contributed by atoms with E-state index in [9.17, 15) is 0 Å². The van der Waals surface area contributed by atoms with Crippen LogP contribution in [0.25, 0.3) is 11.1 Å². The SMILES string of the molecule is Cc1ccc2oc(NCc3cn4c(n3)CCCC4)nc2c1. The molecule has 0 saturated heterocycles. The summed E-state index contributed by atoms with van der Waals surface area (Å²) in [4.78, 5) is 9.12. The van der Waals surface area contributed by atoms with Gasteiger partial charge in [-0.3, -0.25) is 0 Å². The molecule has 3 aromatic rings. The highest BCUT2D eigenvalue weighted by molar-refractivity contribution is 5.75. The zero-order chi connectivity index (χ0) is 14.2. The molecule has 0 unspecified atom stereocenters. The first-order valence-electron chi connectivity index (χ1n) is 7.44. The fourth-order valence-electron chi connectivity index (χ4n) is 2.84. The van der Waals surface area contributed by atoms with Crippen molar-refractivity contribution in [2.75, 3.05) is 5.32 Å². The maximum absolute atomic E-state index is 5.69. The summed E-state index contributed by atoms with van der Waals surface area (Å²) >= 11 is 0. The Kier molecular flexibility index (Phi) is 2.91. The Hall–Kier alpha value is -2.30. The maximum Gasteiger partial charge on any atom is 0.296 e. The number of nitrogens with zero attached hydrogens (tertiary/aromatic N) is 3. The molecule has 0 spiro atoms. The van der Waals surface area contributed by atoms with Crippen LogP contribution >= 0.6 is 0 Å². The van der Waals surface area contributed by atoms with Gasteiger partial charge in [0.15, 0.2) is 5.58 Å². The van der Waals surface area contributed by atoms with E-state index in [0.717, 1.165) is 29.8 Å². The molecule has 1 N–H and O–H groups in total. The van der Waals surface area contributed by atoms with E-state index < -0.39 is 0 Å². The Morgan fingerprint density at radius 3 is 3.14 bits per heavy atom. The van der Waals surface area contributed by atoms with E-state index >= 15 is 0 Å². The average Bonchev–Trinajstić information content (AvgIpc) is 3.07. The Balaban J connectivity index is 1.51. The zero-order valence-corrected chi connectivity index (χ0v) is 12.1. The molecule has 1 aromatic carbocycles. The van der Waals surface area contributed by atoms with Crippen molar-refractivity contribution < 1.29 is 4.42 Å². The first kappa shape index (κ1) is 12.4. The molecule has 0 radical (unpaired) electrons. The molecule has 0 atom stereocenters. The van der Waals surface area contributed by atoms with Gasteiger partial charge in [-0.2, -0.15) is 4.98 Å². The number of hydrogen-bond acceptors (Lipinski definition) is 4. The lowest BCUT2D eigenvalue weighted by Crippen LogP contribution is -2.08. The summed E-state index contributed by atoms with van der Waals surface area (Å²) in [6.45, 7) is 3.78. The fraction of sp³-hybridized carbons (Fsp3) is 0.375. The van der Waals surface area contributed by atoms with Crippen LogP contribution in [-0.2, 0) is 19.5 Å². The van der Waals surface area contributed by atoms with Gasteiger partial charge in [0.25, 0.3) is 6.01 Å². The number of oxazole rings is 1. The minimum absolute atomic E-state index is 0.557. The van der Waals surface area contributed by atoms with Gasteiger partial charge in [-0.25, -0.2) is 4.98 Å². The third kappa shape index (κ3) is 2.39. The van der Waals surface area contributed by atoms with Gasteiger partial charge in [-0.15, -0.1) is 0 Å². The molecule has 4 rings (SSSR count). The minimum Gasteiger partial charge on any atom is -0.424 e. The molecule has 21 heavy (non-hydrogen) atoms. The van der Waals surface area contributed by atoms with E-state index in [0.29, 0.717) is 12.6 Å². The van der Waals surface area contributed by atoms with Crippen LogP contribution in [0.1, 0.15) is 29.9 Å². The monoisotopic (exact) mass is 282 g/mol. The van der Waals surface area contributed by atoms with Crippen LogP contribution in [0.4, 0.5) is 6.01 Å². The summed E-state index contributed by atoms with van der Waals surface area (Å²) in [5, 5.41) is 3.23. The summed E-state index contributed by atoms with van der Waals surface area (Å²) in [7, 11) is 0. The molecule has 108 valence electrons. The van der Waals surface area contributed by atoms with Crippen molar-refractivity contribution in [2.24, 2.45) is 0 Å².